The molecule has 0 N–H and O–H groups in total. The number of unbranched alkanes of at least 4 members (excludes halogenated alkanes) is 1. The van der Waals surface area contributed by atoms with Gasteiger partial charge in [0.1, 0.15) is 0 Å². The number of hydrogen-bond donors (Lipinski definition) is 0. The van der Waals surface area contributed by atoms with Gasteiger partial charge in [0.05, 0.1) is 12.2 Å². The Morgan fingerprint density at radius 2 is 2.05 bits per heavy atom. The minimum Gasteiger partial charge on any atom is -0.462 e. The van der Waals surface area contributed by atoms with E-state index < -0.39 is 0 Å². The summed E-state index contributed by atoms with van der Waals surface area (Å²) in [6, 6.07) is 7.58. The zero-order valence-corrected chi connectivity index (χ0v) is 13.2. The SMILES string of the molecule is C=Cc1ccccc1C(=C)C(=O)OCC(CC)CCCC. The lowest BCUT2D eigenvalue weighted by atomic mass is 10.00. The van der Waals surface area contributed by atoms with Gasteiger partial charge in [-0.2, -0.15) is 0 Å². The standard InChI is InChI=1S/C19H26O2/c1-5-8-11-16(6-2)14-21-19(20)15(4)18-13-10-9-12-17(18)7-3/h7,9-10,12-13,16H,3-6,8,11,14H2,1-2H3. The molecule has 0 fully saturated rings. The maximum Gasteiger partial charge on any atom is 0.338 e. The quantitative estimate of drug-likeness (QED) is 0.466. The number of hydrogen-bond acceptors (Lipinski definition) is 2. The molecule has 1 aromatic rings. The van der Waals surface area contributed by atoms with Crippen LogP contribution in [0.5, 0.6) is 0 Å². The number of carbonyl (C=O) groups is 1. The molecule has 1 rings (SSSR count). The second kappa shape index (κ2) is 9.17. The Hall–Kier alpha value is -1.83. The molecule has 1 atom stereocenters. The van der Waals surface area contributed by atoms with Gasteiger partial charge in [-0.25, -0.2) is 4.79 Å². The molecule has 21 heavy (non-hydrogen) atoms. The van der Waals surface area contributed by atoms with Crippen LogP contribution in [0.3, 0.4) is 0 Å². The van der Waals surface area contributed by atoms with Crippen LogP contribution in [-0.2, 0) is 9.53 Å². The summed E-state index contributed by atoms with van der Waals surface area (Å²) >= 11 is 0. The van der Waals surface area contributed by atoms with Gasteiger partial charge in [-0.1, -0.05) is 76.6 Å². The van der Waals surface area contributed by atoms with Crippen LogP contribution in [-0.4, -0.2) is 12.6 Å². The first-order chi connectivity index (χ1) is 10.1. The highest BCUT2D eigenvalue weighted by Crippen LogP contribution is 2.21. The zero-order valence-electron chi connectivity index (χ0n) is 13.2. The molecule has 0 amide bonds. The molecule has 114 valence electrons. The van der Waals surface area contributed by atoms with E-state index >= 15 is 0 Å². The van der Waals surface area contributed by atoms with Crippen molar-refractivity contribution in [2.45, 2.75) is 39.5 Å². The molecule has 0 bridgehead atoms. The largest absolute Gasteiger partial charge is 0.462 e. The fourth-order valence-corrected chi connectivity index (χ4v) is 2.24. The Morgan fingerprint density at radius 3 is 2.67 bits per heavy atom. The van der Waals surface area contributed by atoms with E-state index in [0.29, 0.717) is 18.1 Å². The lowest BCUT2D eigenvalue weighted by molar-refractivity contribution is -0.138. The molecule has 2 nitrogen and oxygen atoms in total. The summed E-state index contributed by atoms with van der Waals surface area (Å²) in [6.45, 7) is 12.4. The van der Waals surface area contributed by atoms with Crippen molar-refractivity contribution < 1.29 is 9.53 Å². The van der Waals surface area contributed by atoms with Crippen LogP contribution in [0.4, 0.5) is 0 Å². The molecule has 0 aromatic heterocycles. The summed E-state index contributed by atoms with van der Waals surface area (Å²) < 4.78 is 5.44. The molecule has 0 spiro atoms. The molecule has 0 saturated heterocycles. The first kappa shape index (κ1) is 17.2. The van der Waals surface area contributed by atoms with Crippen LogP contribution in [0, 0.1) is 5.92 Å². The maximum atomic E-state index is 12.1. The molecule has 0 saturated carbocycles. The first-order valence-electron chi connectivity index (χ1n) is 7.71. The van der Waals surface area contributed by atoms with Crippen molar-refractivity contribution >= 4 is 17.6 Å². The van der Waals surface area contributed by atoms with Crippen molar-refractivity contribution in [1.29, 1.82) is 0 Å². The van der Waals surface area contributed by atoms with Gasteiger partial charge in [0, 0.05) is 0 Å². The molecular formula is C19H26O2. The molecular weight excluding hydrogens is 260 g/mol. The Bertz CT molecular complexity index is 488. The molecule has 0 aliphatic heterocycles. The Morgan fingerprint density at radius 1 is 1.33 bits per heavy atom. The monoisotopic (exact) mass is 286 g/mol. The van der Waals surface area contributed by atoms with Gasteiger partial charge in [-0.3, -0.25) is 0 Å². The van der Waals surface area contributed by atoms with Gasteiger partial charge in [-0.05, 0) is 23.5 Å². The summed E-state index contributed by atoms with van der Waals surface area (Å²) in [5, 5.41) is 0. The highest BCUT2D eigenvalue weighted by Gasteiger charge is 2.15. The summed E-state index contributed by atoms with van der Waals surface area (Å²) in [5.41, 5.74) is 2.09. The fourth-order valence-electron chi connectivity index (χ4n) is 2.24. The predicted octanol–water partition coefficient (Wildman–Crippen LogP) is 5.10. The van der Waals surface area contributed by atoms with Gasteiger partial charge < -0.3 is 4.74 Å². The second-order valence-electron chi connectivity index (χ2n) is 5.28. The van der Waals surface area contributed by atoms with Gasteiger partial charge in [0.25, 0.3) is 0 Å². The van der Waals surface area contributed by atoms with Crippen molar-refractivity contribution in [3.8, 4) is 0 Å². The highest BCUT2D eigenvalue weighted by molar-refractivity contribution is 6.16. The van der Waals surface area contributed by atoms with E-state index in [0.717, 1.165) is 24.0 Å². The second-order valence-corrected chi connectivity index (χ2v) is 5.28. The number of ether oxygens (including phenoxy) is 1. The lowest BCUT2D eigenvalue weighted by Gasteiger charge is -2.15. The molecule has 1 aromatic carbocycles. The maximum absolute atomic E-state index is 12.1. The summed E-state index contributed by atoms with van der Waals surface area (Å²) in [7, 11) is 0. The van der Waals surface area contributed by atoms with Crippen molar-refractivity contribution in [2.75, 3.05) is 6.61 Å². The summed E-state index contributed by atoms with van der Waals surface area (Å²) in [6.07, 6.45) is 6.21. The predicted molar refractivity (Wildman–Crippen MR) is 89.8 cm³/mol. The Balaban J connectivity index is 2.62. The third-order valence-corrected chi connectivity index (χ3v) is 3.75. The van der Waals surface area contributed by atoms with Crippen molar-refractivity contribution in [3.63, 3.8) is 0 Å². The van der Waals surface area contributed by atoms with Gasteiger partial charge in [-0.15, -0.1) is 0 Å². The van der Waals surface area contributed by atoms with Crippen LogP contribution in [0.25, 0.3) is 11.6 Å². The third kappa shape index (κ3) is 5.22. The lowest BCUT2D eigenvalue weighted by Crippen LogP contribution is -2.15. The summed E-state index contributed by atoms with van der Waals surface area (Å²) in [4.78, 5) is 12.1. The minimum atomic E-state index is -0.334. The molecule has 1 unspecified atom stereocenters. The first-order valence-corrected chi connectivity index (χ1v) is 7.71. The normalized spacial score (nSPS) is 11.7. The fraction of sp³-hybridized carbons (Fsp3) is 0.421. The average Bonchev–Trinajstić information content (AvgIpc) is 2.54. The smallest absolute Gasteiger partial charge is 0.338 e. The van der Waals surface area contributed by atoms with Crippen molar-refractivity contribution in [2.24, 2.45) is 5.92 Å². The minimum absolute atomic E-state index is 0.334. The topological polar surface area (TPSA) is 26.3 Å². The van der Waals surface area contributed by atoms with E-state index in [1.165, 1.54) is 12.8 Å². The van der Waals surface area contributed by atoms with Gasteiger partial charge in [0.15, 0.2) is 0 Å². The number of carbonyl (C=O) groups excluding carboxylic acids is 1. The van der Waals surface area contributed by atoms with E-state index in [4.69, 9.17) is 4.74 Å². The third-order valence-electron chi connectivity index (χ3n) is 3.75. The van der Waals surface area contributed by atoms with Crippen LogP contribution in [0.15, 0.2) is 37.4 Å². The van der Waals surface area contributed by atoms with Crippen LogP contribution >= 0.6 is 0 Å². The highest BCUT2D eigenvalue weighted by atomic mass is 16.5. The number of rotatable bonds is 9. The van der Waals surface area contributed by atoms with Crippen LogP contribution in [0.2, 0.25) is 0 Å². The van der Waals surface area contributed by atoms with Crippen molar-refractivity contribution in [3.05, 3.63) is 48.6 Å². The van der Waals surface area contributed by atoms with E-state index in [1.807, 2.05) is 24.3 Å². The molecule has 0 aliphatic rings. The van der Waals surface area contributed by atoms with Gasteiger partial charge in [0.2, 0.25) is 0 Å². The molecule has 0 radical (unpaired) electrons. The number of benzene rings is 1. The van der Waals surface area contributed by atoms with E-state index in [-0.39, 0.29) is 5.97 Å². The molecule has 2 heteroatoms. The zero-order chi connectivity index (χ0) is 15.7. The van der Waals surface area contributed by atoms with Crippen LogP contribution in [0.1, 0.15) is 50.7 Å². The van der Waals surface area contributed by atoms with Crippen LogP contribution < -0.4 is 0 Å². The number of esters is 1. The molecule has 0 heterocycles. The van der Waals surface area contributed by atoms with Gasteiger partial charge >= 0.3 is 5.97 Å². The van der Waals surface area contributed by atoms with Crippen molar-refractivity contribution in [1.82, 2.24) is 0 Å². The molecule has 0 aliphatic carbocycles. The van der Waals surface area contributed by atoms with E-state index in [9.17, 15) is 4.79 Å². The Labute approximate surface area is 128 Å². The summed E-state index contributed by atoms with van der Waals surface area (Å²) in [5.74, 6) is 0.107. The van der Waals surface area contributed by atoms with E-state index in [1.54, 1.807) is 6.08 Å². The van der Waals surface area contributed by atoms with E-state index in [2.05, 4.69) is 27.0 Å². The Kier molecular flexibility index (Phi) is 7.52. The average molecular weight is 286 g/mol.